The molecule has 0 aromatic carbocycles. The molecule has 114 valence electrons. The quantitative estimate of drug-likeness (QED) is 0.785. The van der Waals surface area contributed by atoms with Crippen molar-refractivity contribution in [1.82, 2.24) is 10.2 Å². The molecule has 0 unspecified atom stereocenters. The van der Waals surface area contributed by atoms with Crippen LogP contribution in [0.25, 0.3) is 0 Å². The van der Waals surface area contributed by atoms with Crippen LogP contribution in [0.5, 0.6) is 0 Å². The minimum Gasteiger partial charge on any atom is -0.384 e. The number of hydrogen-bond donors (Lipinski definition) is 2. The lowest BCUT2D eigenvalue weighted by Gasteiger charge is -2.19. The molecule has 5 heteroatoms. The summed E-state index contributed by atoms with van der Waals surface area (Å²) in [6, 6.07) is 2.59. The van der Waals surface area contributed by atoms with Gasteiger partial charge in [-0.3, -0.25) is 9.69 Å². The fraction of sp³-hybridized carbons (Fsp3) is 0.562. The van der Waals surface area contributed by atoms with Gasteiger partial charge >= 0.3 is 0 Å². The number of nitrogens with zero attached hydrogens (tertiary/aromatic N) is 1. The molecular formula is C16H22N2O2S. The summed E-state index contributed by atoms with van der Waals surface area (Å²) in [4.78, 5) is 16.1. The molecule has 4 nitrogen and oxygen atoms in total. The third-order valence-electron chi connectivity index (χ3n) is 3.58. The SMILES string of the molecule is CCN(CCNC(=O)c1cc(C)c(C#CCO)s1)C1CC1. The summed E-state index contributed by atoms with van der Waals surface area (Å²) in [5.74, 6) is 5.46. The fourth-order valence-corrected chi connectivity index (χ4v) is 3.24. The van der Waals surface area contributed by atoms with Gasteiger partial charge in [0.2, 0.25) is 0 Å². The van der Waals surface area contributed by atoms with Gasteiger partial charge in [0.15, 0.2) is 0 Å². The number of rotatable bonds is 6. The van der Waals surface area contributed by atoms with Crippen molar-refractivity contribution in [1.29, 1.82) is 0 Å². The first kappa shape index (κ1) is 16.0. The Morgan fingerprint density at radius 2 is 2.33 bits per heavy atom. The van der Waals surface area contributed by atoms with E-state index in [2.05, 4.69) is 29.0 Å². The predicted molar refractivity (Wildman–Crippen MR) is 85.6 cm³/mol. The molecule has 2 rings (SSSR count). The van der Waals surface area contributed by atoms with Crippen molar-refractivity contribution in [3.8, 4) is 11.8 Å². The van der Waals surface area contributed by atoms with Crippen LogP contribution in [0.4, 0.5) is 0 Å². The second-order valence-electron chi connectivity index (χ2n) is 5.20. The van der Waals surface area contributed by atoms with E-state index in [4.69, 9.17) is 5.11 Å². The molecule has 1 fully saturated rings. The molecule has 1 aliphatic rings. The molecule has 0 atom stereocenters. The monoisotopic (exact) mass is 306 g/mol. The summed E-state index contributed by atoms with van der Waals surface area (Å²) in [5, 5.41) is 11.7. The molecule has 0 bridgehead atoms. The van der Waals surface area contributed by atoms with Gasteiger partial charge in [-0.1, -0.05) is 18.8 Å². The number of nitrogens with one attached hydrogen (secondary N) is 1. The maximum absolute atomic E-state index is 12.1. The lowest BCUT2D eigenvalue weighted by Crippen LogP contribution is -2.35. The summed E-state index contributed by atoms with van der Waals surface area (Å²) < 4.78 is 0. The Bertz CT molecular complexity index is 552. The Kier molecular flexibility index (Phi) is 5.80. The first-order valence-electron chi connectivity index (χ1n) is 7.38. The topological polar surface area (TPSA) is 52.6 Å². The normalized spacial score (nSPS) is 13.9. The number of likely N-dealkylation sites (N-methyl/N-ethyl adjacent to an activating group) is 1. The summed E-state index contributed by atoms with van der Waals surface area (Å²) in [6.45, 7) is 6.56. The molecule has 1 aliphatic carbocycles. The van der Waals surface area contributed by atoms with Crippen molar-refractivity contribution in [2.75, 3.05) is 26.2 Å². The largest absolute Gasteiger partial charge is 0.384 e. The molecule has 2 N–H and O–H groups in total. The average molecular weight is 306 g/mol. The number of thiophene rings is 1. The van der Waals surface area contributed by atoms with E-state index in [1.54, 1.807) is 0 Å². The van der Waals surface area contributed by atoms with Crippen molar-refractivity contribution in [3.05, 3.63) is 21.4 Å². The van der Waals surface area contributed by atoms with E-state index >= 15 is 0 Å². The molecule has 0 saturated heterocycles. The molecule has 0 radical (unpaired) electrons. The van der Waals surface area contributed by atoms with Crippen molar-refractivity contribution >= 4 is 17.2 Å². The van der Waals surface area contributed by atoms with Crippen LogP contribution in [0, 0.1) is 18.8 Å². The third-order valence-corrected chi connectivity index (χ3v) is 4.73. The minimum atomic E-state index is -0.160. The van der Waals surface area contributed by atoms with Crippen LogP contribution in [-0.2, 0) is 0 Å². The maximum Gasteiger partial charge on any atom is 0.261 e. The molecule has 21 heavy (non-hydrogen) atoms. The van der Waals surface area contributed by atoms with Crippen LogP contribution >= 0.6 is 11.3 Å². The van der Waals surface area contributed by atoms with Gasteiger partial charge in [0.05, 0.1) is 9.75 Å². The van der Waals surface area contributed by atoms with Gasteiger partial charge in [-0.2, -0.15) is 0 Å². The molecule has 1 amide bonds. The molecule has 0 aliphatic heterocycles. The van der Waals surface area contributed by atoms with E-state index in [1.165, 1.54) is 24.2 Å². The first-order chi connectivity index (χ1) is 10.2. The van der Waals surface area contributed by atoms with Gasteiger partial charge in [0.25, 0.3) is 5.91 Å². The maximum atomic E-state index is 12.1. The van der Waals surface area contributed by atoms with E-state index in [-0.39, 0.29) is 12.5 Å². The van der Waals surface area contributed by atoms with Gasteiger partial charge in [0, 0.05) is 19.1 Å². The zero-order chi connectivity index (χ0) is 15.2. The Morgan fingerprint density at radius 1 is 1.57 bits per heavy atom. The van der Waals surface area contributed by atoms with Crippen LogP contribution in [0.1, 0.15) is 39.9 Å². The summed E-state index contributed by atoms with van der Waals surface area (Å²) in [7, 11) is 0. The Labute approximate surface area is 130 Å². The van der Waals surface area contributed by atoms with Crippen molar-refractivity contribution in [2.45, 2.75) is 32.7 Å². The molecule has 1 heterocycles. The minimum absolute atomic E-state index is 0.0352. The van der Waals surface area contributed by atoms with Gasteiger partial charge in [-0.15, -0.1) is 11.3 Å². The first-order valence-corrected chi connectivity index (χ1v) is 8.19. The van der Waals surface area contributed by atoms with Gasteiger partial charge in [-0.25, -0.2) is 0 Å². The van der Waals surface area contributed by atoms with E-state index in [0.29, 0.717) is 11.4 Å². The van der Waals surface area contributed by atoms with Gasteiger partial charge in [-0.05, 0) is 37.9 Å². The smallest absolute Gasteiger partial charge is 0.261 e. The lowest BCUT2D eigenvalue weighted by molar-refractivity contribution is 0.0952. The van der Waals surface area contributed by atoms with Crippen LogP contribution < -0.4 is 5.32 Å². The Balaban J connectivity index is 1.85. The summed E-state index contributed by atoms with van der Waals surface area (Å²) >= 11 is 1.38. The van der Waals surface area contributed by atoms with Crippen molar-refractivity contribution in [3.63, 3.8) is 0 Å². The molecular weight excluding hydrogens is 284 g/mol. The molecule has 1 aromatic heterocycles. The lowest BCUT2D eigenvalue weighted by atomic mass is 10.2. The van der Waals surface area contributed by atoms with E-state index in [1.807, 2.05) is 13.0 Å². The summed E-state index contributed by atoms with van der Waals surface area (Å²) in [6.07, 6.45) is 2.58. The van der Waals surface area contributed by atoms with Crippen molar-refractivity contribution < 1.29 is 9.90 Å². The second-order valence-corrected chi connectivity index (χ2v) is 6.25. The van der Waals surface area contributed by atoms with Crippen molar-refractivity contribution in [2.24, 2.45) is 0 Å². The van der Waals surface area contributed by atoms with Gasteiger partial charge in [0.1, 0.15) is 6.61 Å². The highest BCUT2D eigenvalue weighted by molar-refractivity contribution is 7.14. The van der Waals surface area contributed by atoms with Crippen LogP contribution in [0.15, 0.2) is 6.07 Å². The standard InChI is InChI=1S/C16H22N2O2S/c1-3-18(13-6-7-13)9-8-17-16(20)15-11-12(2)14(21-15)5-4-10-19/h11,13,19H,3,6-10H2,1-2H3,(H,17,20). The highest BCUT2D eigenvalue weighted by Gasteiger charge is 2.27. The fourth-order valence-electron chi connectivity index (χ4n) is 2.28. The number of amides is 1. The zero-order valence-electron chi connectivity index (χ0n) is 12.6. The van der Waals surface area contributed by atoms with Crippen LogP contribution in [0.3, 0.4) is 0 Å². The number of carbonyl (C=O) groups excluding carboxylic acids is 1. The zero-order valence-corrected chi connectivity index (χ0v) is 13.4. The third kappa shape index (κ3) is 4.57. The highest BCUT2D eigenvalue weighted by Crippen LogP contribution is 2.26. The number of aliphatic hydroxyl groups excluding tert-OH is 1. The number of carbonyl (C=O) groups is 1. The second kappa shape index (κ2) is 7.60. The van der Waals surface area contributed by atoms with Crippen LogP contribution in [0.2, 0.25) is 0 Å². The molecule has 1 aromatic rings. The molecule has 0 spiro atoms. The highest BCUT2D eigenvalue weighted by atomic mass is 32.1. The summed E-state index contributed by atoms with van der Waals surface area (Å²) in [5.41, 5.74) is 0.985. The Morgan fingerprint density at radius 3 is 2.95 bits per heavy atom. The van der Waals surface area contributed by atoms with Gasteiger partial charge < -0.3 is 10.4 Å². The van der Waals surface area contributed by atoms with E-state index < -0.39 is 0 Å². The van der Waals surface area contributed by atoms with Crippen LogP contribution in [-0.4, -0.2) is 48.2 Å². The number of hydrogen-bond acceptors (Lipinski definition) is 4. The Hall–Kier alpha value is -1.35. The average Bonchev–Trinajstić information content (AvgIpc) is 3.24. The number of aliphatic hydroxyl groups is 1. The van der Waals surface area contributed by atoms with E-state index in [9.17, 15) is 4.79 Å². The van der Waals surface area contributed by atoms with E-state index in [0.717, 1.165) is 29.6 Å². The molecule has 1 saturated carbocycles. The predicted octanol–water partition coefficient (Wildman–Crippen LogP) is 1.61. The number of aryl methyl sites for hydroxylation is 1.